The maximum atomic E-state index is 6.17. The van der Waals surface area contributed by atoms with Gasteiger partial charge in [0, 0.05) is 48.2 Å². The van der Waals surface area contributed by atoms with Crippen molar-refractivity contribution in [1.29, 1.82) is 0 Å². The Hall–Kier alpha value is -2.51. The highest BCUT2D eigenvalue weighted by molar-refractivity contribution is 7.15. The molecule has 0 amide bonds. The monoisotopic (exact) mass is 434 g/mol. The molecule has 0 aromatic carbocycles. The smallest absolute Gasteiger partial charge is 0.146 e. The van der Waals surface area contributed by atoms with Crippen molar-refractivity contribution in [3.8, 4) is 10.4 Å². The number of nitrogens with two attached hydrogens (primary N) is 1. The normalized spacial score (nSPS) is 18.1. The lowest BCUT2D eigenvalue weighted by molar-refractivity contribution is 0.255. The second-order valence-electron chi connectivity index (χ2n) is 8.87. The zero-order chi connectivity index (χ0) is 21.2. The van der Waals surface area contributed by atoms with E-state index in [1.54, 1.807) is 11.3 Å². The molecule has 1 saturated heterocycles. The first-order valence-electron chi connectivity index (χ1n) is 11.2. The summed E-state index contributed by atoms with van der Waals surface area (Å²) in [4.78, 5) is 17.3. The largest absolute Gasteiger partial charge is 0.382 e. The second kappa shape index (κ2) is 8.93. The van der Waals surface area contributed by atoms with E-state index in [1.807, 2.05) is 18.6 Å². The van der Waals surface area contributed by atoms with Crippen molar-refractivity contribution in [2.75, 3.05) is 31.2 Å². The number of nitrogens with zero attached hydrogens (tertiary/aromatic N) is 4. The van der Waals surface area contributed by atoms with Crippen LogP contribution in [0.5, 0.6) is 0 Å². The van der Waals surface area contributed by atoms with Crippen LogP contribution in [0.15, 0.2) is 36.8 Å². The number of nitrogen functional groups attached to an aromatic ring is 1. The molecule has 3 aromatic rings. The molecule has 1 aliphatic heterocycles. The maximum absolute atomic E-state index is 6.17. The Morgan fingerprint density at radius 2 is 1.90 bits per heavy atom. The number of hydrogen-bond acceptors (Lipinski definition) is 7. The third-order valence-electron chi connectivity index (χ3n) is 6.65. The Morgan fingerprint density at radius 1 is 1.06 bits per heavy atom. The van der Waals surface area contributed by atoms with Gasteiger partial charge >= 0.3 is 0 Å². The molecule has 1 saturated carbocycles. The predicted molar refractivity (Wildman–Crippen MR) is 127 cm³/mol. The molecule has 162 valence electrons. The topological polar surface area (TPSA) is 80.0 Å². The Kier molecular flexibility index (Phi) is 5.87. The summed E-state index contributed by atoms with van der Waals surface area (Å²) in [5.74, 6) is 1.74. The summed E-state index contributed by atoms with van der Waals surface area (Å²) in [5.41, 5.74) is 10.6. The molecular formula is C24H30N6S. The summed E-state index contributed by atoms with van der Waals surface area (Å²) in [5, 5.41) is 4.73. The molecule has 5 rings (SSSR count). The number of thiazole rings is 1. The molecule has 2 aliphatic rings. The van der Waals surface area contributed by atoms with Crippen LogP contribution >= 0.6 is 11.3 Å². The van der Waals surface area contributed by atoms with Gasteiger partial charge in [0.15, 0.2) is 0 Å². The third kappa shape index (κ3) is 4.57. The number of likely N-dealkylation sites (tertiary alicyclic amines) is 1. The molecule has 4 heterocycles. The van der Waals surface area contributed by atoms with Gasteiger partial charge < -0.3 is 16.0 Å². The minimum Gasteiger partial charge on any atom is -0.382 e. The van der Waals surface area contributed by atoms with Crippen molar-refractivity contribution in [2.24, 2.45) is 0 Å². The molecule has 31 heavy (non-hydrogen) atoms. The van der Waals surface area contributed by atoms with Crippen molar-refractivity contribution in [3.63, 3.8) is 0 Å². The zero-order valence-corrected chi connectivity index (χ0v) is 18.9. The molecule has 7 heteroatoms. The fourth-order valence-corrected chi connectivity index (χ4v) is 5.41. The summed E-state index contributed by atoms with van der Waals surface area (Å²) in [6.07, 6.45) is 12.0. The summed E-state index contributed by atoms with van der Waals surface area (Å²) in [6, 6.07) is 6.39. The van der Waals surface area contributed by atoms with Crippen molar-refractivity contribution in [3.05, 3.63) is 53.1 Å². The molecular weight excluding hydrogens is 404 g/mol. The number of rotatable bonds is 6. The van der Waals surface area contributed by atoms with E-state index in [2.05, 4.69) is 45.4 Å². The average Bonchev–Trinajstić information content (AvgIpc) is 3.23. The molecule has 0 unspecified atom stereocenters. The first-order valence-corrected chi connectivity index (χ1v) is 12.1. The van der Waals surface area contributed by atoms with Gasteiger partial charge in [0.1, 0.15) is 5.82 Å². The van der Waals surface area contributed by atoms with E-state index in [0.29, 0.717) is 24.2 Å². The molecule has 0 spiro atoms. The quantitative estimate of drug-likeness (QED) is 0.576. The molecule has 0 radical (unpaired) electrons. The Bertz CT molecular complexity index is 1040. The van der Waals surface area contributed by atoms with Gasteiger partial charge in [-0.25, -0.2) is 9.97 Å². The van der Waals surface area contributed by atoms with Crippen LogP contribution in [0.3, 0.4) is 0 Å². The minimum atomic E-state index is 0.525. The number of nitrogens with one attached hydrogen (secondary N) is 1. The van der Waals surface area contributed by atoms with Crippen LogP contribution < -0.4 is 11.1 Å². The van der Waals surface area contributed by atoms with Gasteiger partial charge in [-0.2, -0.15) is 0 Å². The number of piperidine rings is 1. The van der Waals surface area contributed by atoms with Gasteiger partial charge in [-0.15, -0.1) is 11.3 Å². The first-order chi connectivity index (χ1) is 15.2. The minimum absolute atomic E-state index is 0.525. The van der Waals surface area contributed by atoms with Crippen molar-refractivity contribution < 1.29 is 0 Å². The molecule has 6 nitrogen and oxygen atoms in total. The van der Waals surface area contributed by atoms with E-state index in [4.69, 9.17) is 10.7 Å². The van der Waals surface area contributed by atoms with E-state index >= 15 is 0 Å². The summed E-state index contributed by atoms with van der Waals surface area (Å²) < 4.78 is 0. The molecule has 1 aliphatic carbocycles. The van der Waals surface area contributed by atoms with E-state index in [9.17, 15) is 0 Å². The molecule has 0 atom stereocenters. The van der Waals surface area contributed by atoms with Crippen molar-refractivity contribution >= 4 is 22.8 Å². The summed E-state index contributed by atoms with van der Waals surface area (Å²) >= 11 is 1.79. The lowest BCUT2D eigenvalue weighted by atomic mass is 9.82. The van der Waals surface area contributed by atoms with E-state index < -0.39 is 0 Å². The van der Waals surface area contributed by atoms with E-state index in [-0.39, 0.29) is 0 Å². The average molecular weight is 435 g/mol. The lowest BCUT2D eigenvalue weighted by Crippen LogP contribution is -2.29. The van der Waals surface area contributed by atoms with Crippen molar-refractivity contribution in [1.82, 2.24) is 19.9 Å². The highest BCUT2D eigenvalue weighted by atomic mass is 32.1. The van der Waals surface area contributed by atoms with Crippen molar-refractivity contribution in [2.45, 2.75) is 50.5 Å². The Balaban J connectivity index is 1.28. The highest BCUT2D eigenvalue weighted by Gasteiger charge is 2.22. The molecule has 0 bridgehead atoms. The van der Waals surface area contributed by atoms with Gasteiger partial charge in [-0.3, -0.25) is 4.98 Å². The molecule has 3 N–H and O–H groups in total. The number of hydrogen-bond donors (Lipinski definition) is 2. The van der Waals surface area contributed by atoms with Gasteiger partial charge in [0.2, 0.25) is 0 Å². The fourth-order valence-electron chi connectivity index (χ4n) is 4.35. The number of pyridine rings is 2. The predicted octanol–water partition coefficient (Wildman–Crippen LogP) is 4.87. The van der Waals surface area contributed by atoms with Crippen LogP contribution in [-0.2, 0) is 6.54 Å². The second-order valence-corrected chi connectivity index (χ2v) is 9.93. The summed E-state index contributed by atoms with van der Waals surface area (Å²) in [6.45, 7) is 3.00. The van der Waals surface area contributed by atoms with Gasteiger partial charge in [-0.05, 0) is 69.6 Å². The van der Waals surface area contributed by atoms with Crippen LogP contribution in [0.4, 0.5) is 11.5 Å². The van der Waals surface area contributed by atoms with Gasteiger partial charge in [0.05, 0.1) is 15.6 Å². The van der Waals surface area contributed by atoms with Crippen LogP contribution in [0.25, 0.3) is 10.4 Å². The van der Waals surface area contributed by atoms with Crippen LogP contribution in [0.2, 0.25) is 0 Å². The third-order valence-corrected chi connectivity index (χ3v) is 7.86. The summed E-state index contributed by atoms with van der Waals surface area (Å²) in [7, 11) is 2.19. The van der Waals surface area contributed by atoms with Gasteiger partial charge in [0.25, 0.3) is 0 Å². The fraction of sp³-hybridized carbons (Fsp3) is 0.458. The number of anilines is 2. The van der Waals surface area contributed by atoms with E-state index in [1.165, 1.54) is 48.4 Å². The SMILES string of the molecule is CN1CCC(c2ncc(-c3cnc(N)c(NCc4ccnc(C5CCC5)c4)c3)s2)CC1. The standard InChI is InChI=1S/C24H30N6S/c1-30-9-6-18(7-10-30)24-29-15-22(31-24)19-12-21(23(25)28-14-19)27-13-16-5-8-26-20(11-16)17-3-2-4-17/h5,8,11-12,14-15,17-18,27H,2-4,6-7,9-10,13H2,1H3,(H2,25,28). The van der Waals surface area contributed by atoms with Crippen LogP contribution in [0.1, 0.15) is 60.2 Å². The number of aromatic nitrogens is 3. The Labute approximate surface area is 187 Å². The zero-order valence-electron chi connectivity index (χ0n) is 18.1. The highest BCUT2D eigenvalue weighted by Crippen LogP contribution is 2.37. The Morgan fingerprint density at radius 3 is 2.68 bits per heavy atom. The van der Waals surface area contributed by atoms with E-state index in [0.717, 1.165) is 29.2 Å². The lowest BCUT2D eigenvalue weighted by Gasteiger charge is -2.27. The molecule has 3 aromatic heterocycles. The first kappa shape index (κ1) is 20.4. The van der Waals surface area contributed by atoms with Crippen LogP contribution in [0, 0.1) is 0 Å². The van der Waals surface area contributed by atoms with Crippen LogP contribution in [-0.4, -0.2) is 40.0 Å². The van der Waals surface area contributed by atoms with Gasteiger partial charge in [-0.1, -0.05) is 6.42 Å². The maximum Gasteiger partial charge on any atom is 0.146 e. The molecule has 2 fully saturated rings.